The summed E-state index contributed by atoms with van der Waals surface area (Å²) in [6, 6.07) is 8.24. The van der Waals surface area contributed by atoms with Crippen molar-refractivity contribution in [1.29, 1.82) is 5.26 Å². The number of rotatable bonds is 2. The summed E-state index contributed by atoms with van der Waals surface area (Å²) in [6.07, 6.45) is 6.72. The monoisotopic (exact) mass is 321 g/mol. The number of ketones is 1. The second kappa shape index (κ2) is 5.75. The van der Waals surface area contributed by atoms with Crippen molar-refractivity contribution in [3.05, 3.63) is 40.5 Å². The molecule has 124 valence electrons. The van der Waals surface area contributed by atoms with Gasteiger partial charge in [0, 0.05) is 31.6 Å². The fourth-order valence-electron chi connectivity index (χ4n) is 4.48. The van der Waals surface area contributed by atoms with Gasteiger partial charge in [-0.25, -0.2) is 0 Å². The molecule has 0 unspecified atom stereocenters. The molecule has 1 heterocycles. The van der Waals surface area contributed by atoms with E-state index in [1.807, 2.05) is 12.1 Å². The van der Waals surface area contributed by atoms with Crippen molar-refractivity contribution in [3.8, 4) is 6.07 Å². The first-order valence-corrected chi connectivity index (χ1v) is 8.90. The molecular weight excluding hydrogens is 298 g/mol. The van der Waals surface area contributed by atoms with Crippen LogP contribution in [-0.4, -0.2) is 23.8 Å². The summed E-state index contributed by atoms with van der Waals surface area (Å²) in [5.41, 5.74) is 10.6. The van der Waals surface area contributed by atoms with E-state index in [2.05, 4.69) is 17.0 Å². The highest BCUT2D eigenvalue weighted by Gasteiger charge is 2.41. The van der Waals surface area contributed by atoms with Crippen LogP contribution in [0, 0.1) is 16.7 Å². The molecule has 4 heteroatoms. The third-order valence-corrected chi connectivity index (χ3v) is 6.20. The van der Waals surface area contributed by atoms with Gasteiger partial charge < -0.3 is 10.6 Å². The molecule has 0 bridgehead atoms. The zero-order valence-electron chi connectivity index (χ0n) is 14.0. The number of allylic oxidation sites excluding steroid dienone is 1. The first-order chi connectivity index (χ1) is 11.7. The number of hydrogen-bond acceptors (Lipinski definition) is 4. The van der Waals surface area contributed by atoms with Crippen LogP contribution >= 0.6 is 0 Å². The lowest BCUT2D eigenvalue weighted by atomic mass is 9.63. The van der Waals surface area contributed by atoms with E-state index in [1.165, 1.54) is 32.1 Å². The molecule has 1 saturated heterocycles. The van der Waals surface area contributed by atoms with E-state index >= 15 is 0 Å². The molecule has 0 atom stereocenters. The Labute approximate surface area is 142 Å². The molecule has 2 aliphatic carbocycles. The van der Waals surface area contributed by atoms with Crippen molar-refractivity contribution in [3.63, 3.8) is 0 Å². The molecule has 0 radical (unpaired) electrons. The quantitative estimate of drug-likeness (QED) is 0.909. The van der Waals surface area contributed by atoms with E-state index in [-0.39, 0.29) is 5.78 Å². The Kier molecular flexibility index (Phi) is 3.69. The summed E-state index contributed by atoms with van der Waals surface area (Å²) in [5.74, 6) is -0.0515. The van der Waals surface area contributed by atoms with Gasteiger partial charge in [-0.15, -0.1) is 0 Å². The van der Waals surface area contributed by atoms with Crippen LogP contribution in [0.4, 0.5) is 0 Å². The molecule has 4 nitrogen and oxygen atoms in total. The van der Waals surface area contributed by atoms with E-state index < -0.39 is 0 Å². The number of nitrogens with zero attached hydrogens (tertiary/aromatic N) is 2. The van der Waals surface area contributed by atoms with Crippen LogP contribution in [0.25, 0.3) is 5.70 Å². The van der Waals surface area contributed by atoms with Crippen molar-refractivity contribution < 1.29 is 4.79 Å². The number of piperidine rings is 1. The predicted molar refractivity (Wildman–Crippen MR) is 92.7 cm³/mol. The minimum Gasteiger partial charge on any atom is -0.370 e. The zero-order valence-corrected chi connectivity index (χ0v) is 14.0. The average Bonchev–Trinajstić information content (AvgIpc) is 2.59. The lowest BCUT2D eigenvalue weighted by molar-refractivity contribution is -0.114. The van der Waals surface area contributed by atoms with Gasteiger partial charge in [-0.1, -0.05) is 18.6 Å². The number of carbonyl (C=O) groups excluding carboxylic acids is 1. The van der Waals surface area contributed by atoms with Gasteiger partial charge in [0.05, 0.1) is 5.70 Å². The first-order valence-electron chi connectivity index (χ1n) is 8.90. The van der Waals surface area contributed by atoms with E-state index in [0.29, 0.717) is 24.0 Å². The Hall–Kier alpha value is -2.12. The summed E-state index contributed by atoms with van der Waals surface area (Å²) in [6.45, 7) is 2.36. The molecule has 0 amide bonds. The number of fused-ring (bicyclic) bond motifs is 1. The smallest absolute Gasteiger partial charge is 0.179 e. The summed E-state index contributed by atoms with van der Waals surface area (Å²) in [4.78, 5) is 14.7. The fraction of sp³-hybridized carbons (Fsp3) is 0.500. The summed E-state index contributed by atoms with van der Waals surface area (Å²) in [7, 11) is 0. The molecule has 3 aliphatic rings. The van der Waals surface area contributed by atoms with Gasteiger partial charge in [0.2, 0.25) is 0 Å². The Morgan fingerprint density at radius 1 is 1.21 bits per heavy atom. The Morgan fingerprint density at radius 3 is 2.54 bits per heavy atom. The molecule has 24 heavy (non-hydrogen) atoms. The van der Waals surface area contributed by atoms with Crippen LogP contribution in [0.5, 0.6) is 0 Å². The molecule has 4 rings (SSSR count). The molecule has 2 N–H and O–H groups in total. The van der Waals surface area contributed by atoms with Crippen molar-refractivity contribution in [2.75, 3.05) is 13.1 Å². The van der Waals surface area contributed by atoms with Crippen LogP contribution in [0.15, 0.2) is 23.8 Å². The topological polar surface area (TPSA) is 70.1 Å². The summed E-state index contributed by atoms with van der Waals surface area (Å²) in [5, 5.41) is 9.59. The van der Waals surface area contributed by atoms with Gasteiger partial charge in [0.15, 0.2) is 5.78 Å². The number of likely N-dealkylation sites (tertiary alicyclic amines) is 1. The van der Waals surface area contributed by atoms with Crippen LogP contribution in [0.3, 0.4) is 0 Å². The highest BCUT2D eigenvalue weighted by atomic mass is 16.1. The number of nitriles is 1. The van der Waals surface area contributed by atoms with E-state index in [4.69, 9.17) is 5.73 Å². The second-order valence-electron chi connectivity index (χ2n) is 7.47. The minimum absolute atomic E-state index is 0.0515. The maximum atomic E-state index is 12.5. The molecule has 0 aromatic heterocycles. The number of hydrogen-bond donors (Lipinski definition) is 1. The van der Waals surface area contributed by atoms with Gasteiger partial charge in [-0.05, 0) is 48.3 Å². The van der Waals surface area contributed by atoms with Gasteiger partial charge in [-0.2, -0.15) is 5.26 Å². The predicted octanol–water partition coefficient (Wildman–Crippen LogP) is 2.77. The Balaban J connectivity index is 1.73. The number of carbonyl (C=O) groups is 1. The van der Waals surface area contributed by atoms with Crippen LogP contribution in [0.1, 0.15) is 48.8 Å². The maximum Gasteiger partial charge on any atom is 0.179 e. The van der Waals surface area contributed by atoms with E-state index in [0.717, 1.165) is 35.5 Å². The first kappa shape index (κ1) is 15.4. The molecule has 1 aromatic rings. The minimum atomic E-state index is -0.0515. The van der Waals surface area contributed by atoms with Crippen LogP contribution in [0.2, 0.25) is 0 Å². The molecule has 1 saturated carbocycles. The highest BCUT2D eigenvalue weighted by molar-refractivity contribution is 6.09. The second-order valence-corrected chi connectivity index (χ2v) is 7.47. The third-order valence-electron chi connectivity index (χ3n) is 6.20. The lowest BCUT2D eigenvalue weighted by Crippen LogP contribution is -2.43. The standard InChI is InChI=1S/C20H23N3O/c21-12-14-2-3-15-11-18(24)17(13-22)19(16(15)10-14)23-8-6-20(7-9-23)4-1-5-20/h2-3,10H,1,4-9,11-12,21H2. The summed E-state index contributed by atoms with van der Waals surface area (Å²) >= 11 is 0. The number of Topliss-reactive ketones (excluding diaryl/α,β-unsaturated/α-hetero) is 1. The van der Waals surface area contributed by atoms with E-state index in [1.54, 1.807) is 0 Å². The van der Waals surface area contributed by atoms with Crippen molar-refractivity contribution >= 4 is 11.5 Å². The highest BCUT2D eigenvalue weighted by Crippen LogP contribution is 2.50. The lowest BCUT2D eigenvalue weighted by Gasteiger charge is -2.49. The van der Waals surface area contributed by atoms with Gasteiger partial charge in [0.1, 0.15) is 11.6 Å². The molecule has 1 aliphatic heterocycles. The number of benzene rings is 1. The van der Waals surface area contributed by atoms with Crippen molar-refractivity contribution in [2.45, 2.75) is 45.1 Å². The van der Waals surface area contributed by atoms with Crippen LogP contribution < -0.4 is 5.73 Å². The van der Waals surface area contributed by atoms with E-state index in [9.17, 15) is 10.1 Å². The average molecular weight is 321 g/mol. The maximum absolute atomic E-state index is 12.5. The third kappa shape index (κ3) is 2.35. The fourth-order valence-corrected chi connectivity index (χ4v) is 4.48. The molecule has 1 spiro atoms. The van der Waals surface area contributed by atoms with Gasteiger partial charge in [-0.3, -0.25) is 4.79 Å². The molecular formula is C20H23N3O. The van der Waals surface area contributed by atoms with Crippen molar-refractivity contribution in [2.24, 2.45) is 11.1 Å². The van der Waals surface area contributed by atoms with Crippen LogP contribution in [-0.2, 0) is 17.8 Å². The SMILES string of the molecule is N#CC1=C(N2CCC3(CCC3)CC2)c2cc(CN)ccc2CC1=O. The largest absolute Gasteiger partial charge is 0.370 e. The number of nitrogens with two attached hydrogens (primary N) is 1. The van der Waals surface area contributed by atoms with Gasteiger partial charge in [0.25, 0.3) is 0 Å². The Bertz CT molecular complexity index is 758. The molecule has 1 aromatic carbocycles. The van der Waals surface area contributed by atoms with Gasteiger partial charge >= 0.3 is 0 Å². The molecule has 2 fully saturated rings. The Morgan fingerprint density at radius 2 is 1.96 bits per heavy atom. The van der Waals surface area contributed by atoms with Crippen molar-refractivity contribution in [1.82, 2.24) is 4.90 Å². The zero-order chi connectivity index (χ0) is 16.7. The normalized spacial score (nSPS) is 22.2. The summed E-state index contributed by atoms with van der Waals surface area (Å²) < 4.78 is 0.